The predicted molar refractivity (Wildman–Crippen MR) is 134 cm³/mol. The van der Waals surface area contributed by atoms with Crippen LogP contribution >= 0.6 is 15.9 Å². The average Bonchev–Trinajstić information content (AvgIpc) is 3.27. The number of piperazine rings is 1. The molecule has 0 aromatic heterocycles. The van der Waals surface area contributed by atoms with Crippen molar-refractivity contribution in [2.24, 2.45) is 11.8 Å². The van der Waals surface area contributed by atoms with E-state index in [0.717, 1.165) is 55.8 Å². The number of amides is 1. The molecule has 10 heteroatoms. The van der Waals surface area contributed by atoms with Crippen LogP contribution in [0.2, 0.25) is 0 Å². The van der Waals surface area contributed by atoms with E-state index in [2.05, 4.69) is 33.0 Å². The van der Waals surface area contributed by atoms with Crippen molar-refractivity contribution in [3.8, 4) is 5.75 Å². The fraction of sp³-hybridized carbons (Fsp3) is 0.708. The molecule has 2 saturated heterocycles. The van der Waals surface area contributed by atoms with E-state index in [4.69, 9.17) is 9.47 Å². The third kappa shape index (κ3) is 6.44. The van der Waals surface area contributed by atoms with Crippen molar-refractivity contribution in [2.75, 3.05) is 45.5 Å². The summed E-state index contributed by atoms with van der Waals surface area (Å²) in [7, 11) is -3.11. The summed E-state index contributed by atoms with van der Waals surface area (Å²) in [5.41, 5.74) is 0.701. The van der Waals surface area contributed by atoms with E-state index in [9.17, 15) is 13.2 Å². The zero-order valence-electron chi connectivity index (χ0n) is 20.5. The molecule has 0 bridgehead atoms. The SMILES string of the molecule is CC(C)(C)OC(=O)N1C[C@H]2CC(Oc3ccc(CN4CCN(S(C)(=O)=O)CC4)cc3Br)C[C@H]2C1. The number of halogens is 1. The normalized spacial score (nSPS) is 26.5. The largest absolute Gasteiger partial charge is 0.489 e. The van der Waals surface area contributed by atoms with Gasteiger partial charge in [-0.1, -0.05) is 6.07 Å². The molecule has 8 nitrogen and oxygen atoms in total. The van der Waals surface area contributed by atoms with Gasteiger partial charge < -0.3 is 14.4 Å². The van der Waals surface area contributed by atoms with Gasteiger partial charge >= 0.3 is 6.09 Å². The molecular formula is C24H36BrN3O5S. The molecule has 4 rings (SSSR count). The van der Waals surface area contributed by atoms with Crippen molar-refractivity contribution in [1.82, 2.24) is 14.1 Å². The van der Waals surface area contributed by atoms with Crippen LogP contribution in [0.15, 0.2) is 22.7 Å². The van der Waals surface area contributed by atoms with Crippen molar-refractivity contribution < 1.29 is 22.7 Å². The van der Waals surface area contributed by atoms with E-state index in [0.29, 0.717) is 24.9 Å². The summed E-state index contributed by atoms with van der Waals surface area (Å²) in [6.45, 7) is 10.5. The van der Waals surface area contributed by atoms with Crippen LogP contribution in [0.5, 0.6) is 5.75 Å². The molecule has 1 aliphatic carbocycles. The molecule has 1 aromatic carbocycles. The minimum atomic E-state index is -3.11. The fourth-order valence-corrected chi connectivity index (χ4v) is 6.56. The van der Waals surface area contributed by atoms with Crippen LogP contribution in [0, 0.1) is 11.8 Å². The highest BCUT2D eigenvalue weighted by molar-refractivity contribution is 9.10. The van der Waals surface area contributed by atoms with Gasteiger partial charge in [0, 0.05) is 45.8 Å². The first-order valence-electron chi connectivity index (χ1n) is 12.0. The Morgan fingerprint density at radius 1 is 1.09 bits per heavy atom. The molecule has 0 N–H and O–H groups in total. The van der Waals surface area contributed by atoms with E-state index in [1.165, 1.54) is 11.8 Å². The Morgan fingerprint density at radius 3 is 2.24 bits per heavy atom. The van der Waals surface area contributed by atoms with Gasteiger partial charge in [0.2, 0.25) is 10.0 Å². The number of sulfonamides is 1. The van der Waals surface area contributed by atoms with Crippen molar-refractivity contribution in [1.29, 1.82) is 0 Å². The van der Waals surface area contributed by atoms with Crippen molar-refractivity contribution in [3.05, 3.63) is 28.2 Å². The molecule has 1 unspecified atom stereocenters. The molecular weight excluding hydrogens is 522 g/mol. The van der Waals surface area contributed by atoms with E-state index >= 15 is 0 Å². The smallest absolute Gasteiger partial charge is 0.410 e. The Balaban J connectivity index is 1.26. The molecule has 2 heterocycles. The van der Waals surface area contributed by atoms with Gasteiger partial charge in [0.05, 0.1) is 16.8 Å². The van der Waals surface area contributed by atoms with Crippen LogP contribution in [0.4, 0.5) is 4.79 Å². The quantitative estimate of drug-likeness (QED) is 0.550. The van der Waals surface area contributed by atoms with Crippen molar-refractivity contribution >= 4 is 32.0 Å². The summed E-state index contributed by atoms with van der Waals surface area (Å²) in [4.78, 5) is 16.5. The minimum absolute atomic E-state index is 0.155. The Bertz CT molecular complexity index is 990. The van der Waals surface area contributed by atoms with Gasteiger partial charge in [-0.25, -0.2) is 13.2 Å². The number of hydrogen-bond acceptors (Lipinski definition) is 6. The van der Waals surface area contributed by atoms with Gasteiger partial charge in [0.1, 0.15) is 11.4 Å². The second-order valence-corrected chi connectivity index (χ2v) is 13.7. The monoisotopic (exact) mass is 557 g/mol. The molecule has 1 amide bonds. The topological polar surface area (TPSA) is 79.4 Å². The number of carbonyl (C=O) groups is 1. The average molecular weight is 559 g/mol. The molecule has 190 valence electrons. The van der Waals surface area contributed by atoms with Crippen LogP contribution in [-0.4, -0.2) is 85.8 Å². The highest BCUT2D eigenvalue weighted by Crippen LogP contribution is 2.41. The number of rotatable bonds is 5. The van der Waals surface area contributed by atoms with Gasteiger partial charge in [-0.05, 0) is 79.1 Å². The van der Waals surface area contributed by atoms with E-state index in [1.54, 1.807) is 4.31 Å². The summed E-state index contributed by atoms with van der Waals surface area (Å²) in [6, 6.07) is 6.20. The fourth-order valence-electron chi connectivity index (χ4n) is 5.21. The highest BCUT2D eigenvalue weighted by atomic mass is 79.9. The predicted octanol–water partition coefficient (Wildman–Crippen LogP) is 3.55. The number of carbonyl (C=O) groups excluding carboxylic acids is 1. The highest BCUT2D eigenvalue weighted by Gasteiger charge is 2.44. The van der Waals surface area contributed by atoms with E-state index < -0.39 is 15.6 Å². The summed E-state index contributed by atoms with van der Waals surface area (Å²) < 4.78 is 37.8. The second-order valence-electron chi connectivity index (χ2n) is 10.8. The Kier molecular flexibility index (Phi) is 7.53. The Morgan fingerprint density at radius 2 is 1.71 bits per heavy atom. The first-order valence-corrected chi connectivity index (χ1v) is 14.6. The molecule has 1 saturated carbocycles. The van der Waals surface area contributed by atoms with Gasteiger partial charge in [-0.15, -0.1) is 0 Å². The lowest BCUT2D eigenvalue weighted by Gasteiger charge is -2.33. The van der Waals surface area contributed by atoms with Crippen LogP contribution < -0.4 is 4.74 Å². The Labute approximate surface area is 211 Å². The molecule has 3 atom stereocenters. The third-order valence-electron chi connectivity index (χ3n) is 6.86. The first kappa shape index (κ1) is 25.7. The van der Waals surface area contributed by atoms with Crippen LogP contribution in [0.25, 0.3) is 0 Å². The number of benzene rings is 1. The number of hydrogen-bond donors (Lipinski definition) is 0. The maximum Gasteiger partial charge on any atom is 0.410 e. The van der Waals surface area contributed by atoms with Crippen LogP contribution in [-0.2, 0) is 21.3 Å². The van der Waals surface area contributed by atoms with Crippen LogP contribution in [0.3, 0.4) is 0 Å². The number of likely N-dealkylation sites (tertiary alicyclic amines) is 1. The summed E-state index contributed by atoms with van der Waals surface area (Å²) in [5, 5.41) is 0. The summed E-state index contributed by atoms with van der Waals surface area (Å²) >= 11 is 3.67. The lowest BCUT2D eigenvalue weighted by Crippen LogP contribution is -2.47. The third-order valence-corrected chi connectivity index (χ3v) is 8.78. The first-order chi connectivity index (χ1) is 15.9. The maximum atomic E-state index is 12.4. The van der Waals surface area contributed by atoms with E-state index in [-0.39, 0.29) is 12.2 Å². The van der Waals surface area contributed by atoms with E-state index in [1.807, 2.05) is 31.7 Å². The zero-order valence-corrected chi connectivity index (χ0v) is 22.9. The molecule has 2 aliphatic heterocycles. The molecule has 34 heavy (non-hydrogen) atoms. The molecule has 1 aromatic rings. The standard InChI is InChI=1S/C24H36BrN3O5S/c1-24(2,3)33-23(29)27-15-18-12-20(13-19(18)16-27)32-22-6-5-17(11-21(22)25)14-26-7-9-28(10-8-26)34(4,30)31/h5-6,11,18-20H,7-10,12-16H2,1-4H3/t18-,19+,20?. The van der Waals surface area contributed by atoms with Gasteiger partial charge in [0.15, 0.2) is 0 Å². The van der Waals surface area contributed by atoms with Gasteiger partial charge in [0.25, 0.3) is 0 Å². The van der Waals surface area contributed by atoms with Crippen molar-refractivity contribution in [2.45, 2.75) is 51.9 Å². The Hall–Kier alpha value is -1.36. The minimum Gasteiger partial charge on any atom is -0.489 e. The zero-order chi connectivity index (χ0) is 24.7. The molecule has 0 spiro atoms. The van der Waals surface area contributed by atoms with Crippen LogP contribution in [0.1, 0.15) is 39.2 Å². The number of fused-ring (bicyclic) bond motifs is 1. The van der Waals surface area contributed by atoms with Crippen molar-refractivity contribution in [3.63, 3.8) is 0 Å². The van der Waals surface area contributed by atoms with Gasteiger partial charge in [-0.3, -0.25) is 4.90 Å². The summed E-state index contributed by atoms with van der Waals surface area (Å²) in [6.07, 6.45) is 3.11. The molecule has 0 radical (unpaired) electrons. The lowest BCUT2D eigenvalue weighted by atomic mass is 10.0. The lowest BCUT2D eigenvalue weighted by molar-refractivity contribution is 0.0272. The van der Waals surface area contributed by atoms with Gasteiger partial charge in [-0.2, -0.15) is 4.31 Å². The molecule has 3 aliphatic rings. The maximum absolute atomic E-state index is 12.4. The number of nitrogens with zero attached hydrogens (tertiary/aromatic N) is 3. The summed E-state index contributed by atoms with van der Waals surface area (Å²) in [5.74, 6) is 1.77. The number of ether oxygens (including phenoxy) is 2. The molecule has 3 fully saturated rings. The second kappa shape index (κ2) is 9.95.